The molecule has 1 aromatic heterocycles. The molecule has 1 heterocycles. The van der Waals surface area contributed by atoms with Crippen molar-refractivity contribution in [3.05, 3.63) is 88.3 Å². The number of halogens is 1. The maximum atomic E-state index is 13.1. The van der Waals surface area contributed by atoms with Gasteiger partial charge in [-0.2, -0.15) is 0 Å². The first-order valence-corrected chi connectivity index (χ1v) is 9.03. The first-order valence-electron chi connectivity index (χ1n) is 9.03. The molecule has 7 heteroatoms. The van der Waals surface area contributed by atoms with Gasteiger partial charge in [0.1, 0.15) is 29.1 Å². The zero-order chi connectivity index (χ0) is 21.1. The third kappa shape index (κ3) is 3.91. The molecular formula is C23H17FO6. The van der Waals surface area contributed by atoms with E-state index in [1.807, 2.05) is 30.3 Å². The first-order chi connectivity index (χ1) is 14.5. The molecule has 0 atom stereocenters. The van der Waals surface area contributed by atoms with Crippen LogP contribution >= 0.6 is 0 Å². The molecule has 4 rings (SSSR count). The molecule has 0 bridgehead atoms. The Morgan fingerprint density at radius 1 is 1.03 bits per heavy atom. The van der Waals surface area contributed by atoms with Crippen LogP contribution in [0, 0.1) is 5.82 Å². The molecule has 0 amide bonds. The van der Waals surface area contributed by atoms with E-state index in [2.05, 4.69) is 0 Å². The van der Waals surface area contributed by atoms with Crippen molar-refractivity contribution in [3.8, 4) is 28.9 Å². The Morgan fingerprint density at radius 3 is 2.47 bits per heavy atom. The van der Waals surface area contributed by atoms with Crippen LogP contribution in [0.4, 0.5) is 4.39 Å². The Kier molecular flexibility index (Phi) is 5.26. The Hall–Kier alpha value is -4.00. The molecule has 3 aromatic carbocycles. The molecule has 4 aromatic rings. The van der Waals surface area contributed by atoms with E-state index in [0.717, 1.165) is 11.6 Å². The lowest BCUT2D eigenvalue weighted by molar-refractivity contribution is 0.277. The topological polar surface area (TPSA) is 78.1 Å². The Morgan fingerprint density at radius 2 is 1.77 bits per heavy atom. The fourth-order valence-corrected chi connectivity index (χ4v) is 2.95. The van der Waals surface area contributed by atoms with Crippen LogP contribution < -0.4 is 19.6 Å². The van der Waals surface area contributed by atoms with Gasteiger partial charge in [-0.1, -0.05) is 30.3 Å². The number of methoxy groups -OCH3 is 1. The van der Waals surface area contributed by atoms with E-state index < -0.39 is 11.2 Å². The number of benzene rings is 3. The van der Waals surface area contributed by atoms with Crippen molar-refractivity contribution in [2.24, 2.45) is 0 Å². The standard InChI is InChI=1S/C23H17FO6/c1-27-23-19(28-13-14-5-3-2-4-6-14)12-18-21(22(23)26)17(25)11-20(30-18)29-16-9-7-15(24)8-10-16/h2-12,26H,13H2,1H3. The summed E-state index contributed by atoms with van der Waals surface area (Å²) in [4.78, 5) is 12.6. The third-order valence-corrected chi connectivity index (χ3v) is 4.36. The highest BCUT2D eigenvalue weighted by atomic mass is 19.1. The normalized spacial score (nSPS) is 10.7. The highest BCUT2D eigenvalue weighted by Gasteiger charge is 2.20. The molecule has 0 aliphatic carbocycles. The predicted octanol–water partition coefficient (Wildman–Crippen LogP) is 5.02. The summed E-state index contributed by atoms with van der Waals surface area (Å²) in [6, 6.07) is 17.2. The van der Waals surface area contributed by atoms with E-state index in [4.69, 9.17) is 18.6 Å². The Balaban J connectivity index is 1.73. The van der Waals surface area contributed by atoms with Gasteiger partial charge in [0.2, 0.25) is 11.2 Å². The van der Waals surface area contributed by atoms with Crippen LogP contribution in [0.1, 0.15) is 5.56 Å². The van der Waals surface area contributed by atoms with Crippen molar-refractivity contribution in [2.45, 2.75) is 6.61 Å². The SMILES string of the molecule is COc1c(OCc2ccccc2)cc2oc(Oc3ccc(F)cc3)cc(=O)c2c1O. The second-order valence-electron chi connectivity index (χ2n) is 6.39. The van der Waals surface area contributed by atoms with Gasteiger partial charge < -0.3 is 23.7 Å². The van der Waals surface area contributed by atoms with E-state index in [1.54, 1.807) is 0 Å². The fourth-order valence-electron chi connectivity index (χ4n) is 2.95. The number of hydrogen-bond acceptors (Lipinski definition) is 6. The van der Waals surface area contributed by atoms with E-state index >= 15 is 0 Å². The zero-order valence-electron chi connectivity index (χ0n) is 15.9. The number of phenols is 1. The van der Waals surface area contributed by atoms with Crippen LogP contribution in [0.5, 0.6) is 28.9 Å². The largest absolute Gasteiger partial charge is 0.504 e. The Labute approximate surface area is 170 Å². The zero-order valence-corrected chi connectivity index (χ0v) is 15.9. The van der Waals surface area contributed by atoms with Crippen LogP contribution in [0.15, 0.2) is 75.9 Å². The average Bonchev–Trinajstić information content (AvgIpc) is 2.74. The monoisotopic (exact) mass is 408 g/mol. The Bertz CT molecular complexity index is 1230. The predicted molar refractivity (Wildman–Crippen MR) is 108 cm³/mol. The maximum Gasteiger partial charge on any atom is 0.294 e. The van der Waals surface area contributed by atoms with Crippen LogP contribution in [-0.4, -0.2) is 12.2 Å². The summed E-state index contributed by atoms with van der Waals surface area (Å²) >= 11 is 0. The lowest BCUT2D eigenvalue weighted by Crippen LogP contribution is -2.04. The number of aromatic hydroxyl groups is 1. The summed E-state index contributed by atoms with van der Waals surface area (Å²) in [5, 5.41) is 10.5. The molecule has 0 radical (unpaired) electrons. The first kappa shape index (κ1) is 19.3. The number of fused-ring (bicyclic) bond motifs is 1. The molecule has 1 N–H and O–H groups in total. The van der Waals surface area contributed by atoms with Gasteiger partial charge in [-0.3, -0.25) is 4.79 Å². The van der Waals surface area contributed by atoms with Gasteiger partial charge in [-0.15, -0.1) is 0 Å². The van der Waals surface area contributed by atoms with Gasteiger partial charge in [0, 0.05) is 6.07 Å². The number of rotatable bonds is 6. The summed E-state index contributed by atoms with van der Waals surface area (Å²) in [6.45, 7) is 0.220. The van der Waals surface area contributed by atoms with Gasteiger partial charge >= 0.3 is 0 Å². The van der Waals surface area contributed by atoms with Crippen LogP contribution in [0.3, 0.4) is 0 Å². The van der Waals surface area contributed by atoms with E-state index in [9.17, 15) is 14.3 Å². The van der Waals surface area contributed by atoms with Gasteiger partial charge in [-0.05, 0) is 29.8 Å². The summed E-state index contributed by atoms with van der Waals surface area (Å²) in [6.07, 6.45) is 0. The second kappa shape index (κ2) is 8.16. The molecule has 0 unspecified atom stereocenters. The van der Waals surface area contributed by atoms with Gasteiger partial charge in [0.15, 0.2) is 11.5 Å². The highest BCUT2D eigenvalue weighted by Crippen LogP contribution is 2.42. The van der Waals surface area contributed by atoms with Crippen molar-refractivity contribution in [3.63, 3.8) is 0 Å². The molecule has 30 heavy (non-hydrogen) atoms. The summed E-state index contributed by atoms with van der Waals surface area (Å²) < 4.78 is 35.2. The molecule has 0 spiro atoms. The molecule has 0 saturated heterocycles. The molecular weight excluding hydrogens is 391 g/mol. The minimum atomic E-state index is -0.529. The quantitative estimate of drug-likeness (QED) is 0.483. The summed E-state index contributed by atoms with van der Waals surface area (Å²) in [5.74, 6) is -0.402. The third-order valence-electron chi connectivity index (χ3n) is 4.36. The maximum absolute atomic E-state index is 13.1. The molecule has 0 fully saturated rings. The second-order valence-corrected chi connectivity index (χ2v) is 6.39. The summed E-state index contributed by atoms with van der Waals surface area (Å²) in [7, 11) is 1.36. The molecule has 6 nitrogen and oxygen atoms in total. The smallest absolute Gasteiger partial charge is 0.294 e. The number of ether oxygens (including phenoxy) is 3. The van der Waals surface area contributed by atoms with Crippen molar-refractivity contribution in [1.82, 2.24) is 0 Å². The fraction of sp³-hybridized carbons (Fsp3) is 0.0870. The van der Waals surface area contributed by atoms with Crippen molar-refractivity contribution < 1.29 is 28.1 Å². The van der Waals surface area contributed by atoms with Crippen molar-refractivity contribution in [2.75, 3.05) is 7.11 Å². The molecule has 152 valence electrons. The van der Waals surface area contributed by atoms with Gasteiger partial charge in [-0.25, -0.2) is 4.39 Å². The van der Waals surface area contributed by atoms with Crippen LogP contribution in [0.25, 0.3) is 11.0 Å². The van der Waals surface area contributed by atoms with Crippen LogP contribution in [-0.2, 0) is 6.61 Å². The molecule has 0 aliphatic rings. The highest BCUT2D eigenvalue weighted by molar-refractivity contribution is 5.88. The van der Waals surface area contributed by atoms with E-state index in [0.29, 0.717) is 0 Å². The lowest BCUT2D eigenvalue weighted by atomic mass is 10.1. The molecule has 0 aliphatic heterocycles. The summed E-state index contributed by atoms with van der Waals surface area (Å²) in [5.41, 5.74) is 0.439. The van der Waals surface area contributed by atoms with Gasteiger partial charge in [0.05, 0.1) is 13.2 Å². The van der Waals surface area contributed by atoms with E-state index in [1.165, 1.54) is 37.4 Å². The average molecular weight is 408 g/mol. The molecule has 0 saturated carbocycles. The lowest BCUT2D eigenvalue weighted by Gasteiger charge is -2.14. The van der Waals surface area contributed by atoms with Gasteiger partial charge in [0.25, 0.3) is 5.95 Å². The van der Waals surface area contributed by atoms with Crippen LogP contribution in [0.2, 0.25) is 0 Å². The number of phenolic OH excluding ortho intramolecular Hbond substituents is 1. The van der Waals surface area contributed by atoms with E-state index in [-0.39, 0.29) is 46.5 Å². The number of hydrogen-bond donors (Lipinski definition) is 1. The van der Waals surface area contributed by atoms with Crippen molar-refractivity contribution in [1.29, 1.82) is 0 Å². The minimum absolute atomic E-state index is 0.0259. The van der Waals surface area contributed by atoms with Crippen molar-refractivity contribution >= 4 is 11.0 Å². The minimum Gasteiger partial charge on any atom is -0.504 e.